The van der Waals surface area contributed by atoms with Crippen LogP contribution in [0.15, 0.2) is 92.0 Å². The molecular weight excluding hydrogens is 628 g/mol. The minimum atomic E-state index is -0.713. The molecule has 3 rings (SSSR count). The van der Waals surface area contributed by atoms with Gasteiger partial charge in [-0.1, -0.05) is 13.2 Å². The van der Waals surface area contributed by atoms with Crippen molar-refractivity contribution < 1.29 is 61.9 Å². The predicted molar refractivity (Wildman–Crippen MR) is 170 cm³/mol. The Kier molecular flexibility index (Phi) is 15.6. The molecule has 0 amide bonds. The van der Waals surface area contributed by atoms with Crippen LogP contribution in [0, 0.1) is 0 Å². The van der Waals surface area contributed by atoms with Gasteiger partial charge in [-0.25, -0.2) is 19.2 Å². The first-order valence-electron chi connectivity index (χ1n) is 14.6. The Labute approximate surface area is 276 Å². The number of hydrogen-bond donors (Lipinski definition) is 0. The van der Waals surface area contributed by atoms with Crippen LogP contribution in [0.25, 0.3) is 0 Å². The van der Waals surface area contributed by atoms with E-state index in [4.69, 9.17) is 37.9 Å². The molecule has 0 unspecified atom stereocenters. The van der Waals surface area contributed by atoms with Crippen LogP contribution in [-0.2, 0) is 28.5 Å². The van der Waals surface area contributed by atoms with Gasteiger partial charge in [0, 0.05) is 12.2 Å². The van der Waals surface area contributed by atoms with Crippen LogP contribution in [0.2, 0.25) is 0 Å². The van der Waals surface area contributed by atoms with Gasteiger partial charge in [-0.15, -0.1) is 0 Å². The molecule has 0 saturated heterocycles. The highest BCUT2D eigenvalue weighted by atomic mass is 16.6. The summed E-state index contributed by atoms with van der Waals surface area (Å²) in [6, 6.07) is 16.4. The van der Waals surface area contributed by atoms with E-state index in [1.807, 2.05) is 0 Å². The molecule has 3 aromatic carbocycles. The van der Waals surface area contributed by atoms with Crippen LogP contribution in [0.5, 0.6) is 23.0 Å². The summed E-state index contributed by atoms with van der Waals surface area (Å²) in [6.45, 7) is 8.22. The molecule has 48 heavy (non-hydrogen) atoms. The first-order chi connectivity index (χ1) is 23.3. The minimum absolute atomic E-state index is 0.00213. The average Bonchev–Trinajstić information content (AvgIpc) is 3.11. The predicted octanol–water partition coefficient (Wildman–Crippen LogP) is 4.19. The van der Waals surface area contributed by atoms with Gasteiger partial charge in [0.15, 0.2) is 6.29 Å². The first-order valence-corrected chi connectivity index (χ1v) is 14.6. The third kappa shape index (κ3) is 12.9. The van der Waals surface area contributed by atoms with Crippen LogP contribution in [0.3, 0.4) is 0 Å². The molecule has 0 aliphatic carbocycles. The summed E-state index contributed by atoms with van der Waals surface area (Å²) in [6.07, 6.45) is 2.62. The maximum absolute atomic E-state index is 12.7. The van der Waals surface area contributed by atoms with E-state index in [9.17, 15) is 24.0 Å². The van der Waals surface area contributed by atoms with E-state index in [2.05, 4.69) is 13.2 Å². The lowest BCUT2D eigenvalue weighted by atomic mass is 10.2. The van der Waals surface area contributed by atoms with E-state index in [0.29, 0.717) is 17.8 Å². The molecule has 3 aromatic rings. The standard InChI is InChI=1S/C35H34O13/c1-3-32(37)45-21-17-41-15-19-43-28-9-5-25(6-10-28)34(39)47-30-13-14-31(27(23-30)24-36)48-35(40)26-7-11-29(12-8-26)44-20-16-42-18-22-46-33(38)4-2/h3-14,23-24H,1-2,15-22H2. The highest BCUT2D eigenvalue weighted by Gasteiger charge is 2.15. The zero-order chi connectivity index (χ0) is 34.6. The SMILES string of the molecule is C=CC(=O)OCCOCCOc1ccc(C(=O)Oc2ccc(OC(=O)c3ccc(OCCOCCOC(=O)C=C)cc3)c(C=O)c2)cc1. The number of carbonyl (C=O) groups excluding carboxylic acids is 5. The monoisotopic (exact) mass is 662 g/mol. The highest BCUT2D eigenvalue weighted by molar-refractivity contribution is 5.94. The van der Waals surface area contributed by atoms with Gasteiger partial charge >= 0.3 is 23.9 Å². The molecule has 0 fully saturated rings. The molecule has 0 aliphatic rings. The Hall–Kier alpha value is -5.79. The molecule has 13 nitrogen and oxygen atoms in total. The summed E-state index contributed by atoms with van der Waals surface area (Å²) in [5.41, 5.74) is 0.441. The number of hydrogen-bond acceptors (Lipinski definition) is 13. The lowest BCUT2D eigenvalue weighted by Crippen LogP contribution is -2.13. The molecule has 0 aliphatic heterocycles. The summed E-state index contributed by atoms with van der Waals surface area (Å²) in [5, 5.41) is 0. The van der Waals surface area contributed by atoms with Gasteiger partial charge in [-0.3, -0.25) is 4.79 Å². The lowest BCUT2D eigenvalue weighted by molar-refractivity contribution is -0.140. The van der Waals surface area contributed by atoms with E-state index in [0.717, 1.165) is 12.2 Å². The Bertz CT molecular complexity index is 1550. The molecule has 0 radical (unpaired) electrons. The average molecular weight is 663 g/mol. The van der Waals surface area contributed by atoms with Crippen molar-refractivity contribution in [1.82, 2.24) is 0 Å². The third-order valence-corrected chi connectivity index (χ3v) is 5.97. The molecular formula is C35H34O13. The van der Waals surface area contributed by atoms with Gasteiger partial charge in [-0.05, 0) is 66.7 Å². The second kappa shape index (κ2) is 20.4. The largest absolute Gasteiger partial charge is 0.491 e. The number of carbonyl (C=O) groups is 5. The second-order valence-corrected chi connectivity index (χ2v) is 9.31. The molecule has 0 heterocycles. The normalized spacial score (nSPS) is 10.2. The summed E-state index contributed by atoms with van der Waals surface area (Å²) in [5.74, 6) is -1.40. The molecule has 13 heteroatoms. The van der Waals surface area contributed by atoms with E-state index >= 15 is 0 Å². The molecule has 0 aromatic heterocycles. The van der Waals surface area contributed by atoms with Gasteiger partial charge in [0.2, 0.25) is 0 Å². The van der Waals surface area contributed by atoms with Crippen LogP contribution >= 0.6 is 0 Å². The summed E-state index contributed by atoms with van der Waals surface area (Å²) in [4.78, 5) is 59.0. The topological polar surface area (TPSA) is 159 Å². The van der Waals surface area contributed by atoms with Gasteiger partial charge in [0.25, 0.3) is 0 Å². The quantitative estimate of drug-likeness (QED) is 0.0526. The maximum Gasteiger partial charge on any atom is 0.343 e. The van der Waals surface area contributed by atoms with Crippen molar-refractivity contribution in [3.63, 3.8) is 0 Å². The molecule has 0 atom stereocenters. The molecule has 0 bridgehead atoms. The first kappa shape index (κ1) is 36.7. The van der Waals surface area contributed by atoms with E-state index in [-0.39, 0.29) is 81.0 Å². The molecule has 252 valence electrons. The van der Waals surface area contributed by atoms with E-state index in [1.165, 1.54) is 42.5 Å². The number of esters is 4. The Balaban J connectivity index is 1.42. The van der Waals surface area contributed by atoms with Crippen molar-refractivity contribution in [2.24, 2.45) is 0 Å². The van der Waals surface area contributed by atoms with Gasteiger partial charge in [0.1, 0.15) is 49.4 Å². The van der Waals surface area contributed by atoms with Gasteiger partial charge in [0.05, 0.1) is 43.1 Å². The van der Waals surface area contributed by atoms with Crippen molar-refractivity contribution in [2.75, 3.05) is 52.9 Å². The zero-order valence-electron chi connectivity index (χ0n) is 26.0. The summed E-state index contributed by atoms with van der Waals surface area (Å²) in [7, 11) is 0. The lowest BCUT2D eigenvalue weighted by Gasteiger charge is -2.11. The minimum Gasteiger partial charge on any atom is -0.491 e. The fourth-order valence-corrected chi connectivity index (χ4v) is 3.64. The Morgan fingerprint density at radius 2 is 0.979 bits per heavy atom. The smallest absolute Gasteiger partial charge is 0.343 e. The van der Waals surface area contributed by atoms with Crippen molar-refractivity contribution in [3.05, 3.63) is 109 Å². The van der Waals surface area contributed by atoms with Gasteiger partial charge in [-0.2, -0.15) is 0 Å². The van der Waals surface area contributed by atoms with Crippen molar-refractivity contribution in [1.29, 1.82) is 0 Å². The molecule has 0 saturated carbocycles. The number of rotatable bonds is 21. The maximum atomic E-state index is 12.7. The highest BCUT2D eigenvalue weighted by Crippen LogP contribution is 2.25. The Morgan fingerprint density at radius 1 is 0.542 bits per heavy atom. The summed E-state index contributed by atoms with van der Waals surface area (Å²) >= 11 is 0. The fourth-order valence-electron chi connectivity index (χ4n) is 3.64. The van der Waals surface area contributed by atoms with Crippen LogP contribution < -0.4 is 18.9 Å². The van der Waals surface area contributed by atoms with Crippen molar-refractivity contribution in [2.45, 2.75) is 0 Å². The molecule has 0 spiro atoms. The molecule has 0 N–H and O–H groups in total. The van der Waals surface area contributed by atoms with Crippen molar-refractivity contribution in [3.8, 4) is 23.0 Å². The van der Waals surface area contributed by atoms with Crippen LogP contribution in [0.4, 0.5) is 0 Å². The van der Waals surface area contributed by atoms with Crippen molar-refractivity contribution >= 4 is 30.2 Å². The summed E-state index contributed by atoms with van der Waals surface area (Å²) < 4.78 is 42.1. The van der Waals surface area contributed by atoms with E-state index < -0.39 is 23.9 Å². The second-order valence-electron chi connectivity index (χ2n) is 9.31. The number of ether oxygens (including phenoxy) is 8. The van der Waals surface area contributed by atoms with E-state index in [1.54, 1.807) is 24.3 Å². The van der Waals surface area contributed by atoms with Gasteiger partial charge < -0.3 is 37.9 Å². The van der Waals surface area contributed by atoms with Crippen LogP contribution in [-0.4, -0.2) is 83.0 Å². The number of benzene rings is 3. The fraction of sp³-hybridized carbons (Fsp3) is 0.229. The Morgan fingerprint density at radius 3 is 1.44 bits per heavy atom. The number of aldehydes is 1. The third-order valence-electron chi connectivity index (χ3n) is 5.97. The van der Waals surface area contributed by atoms with Crippen LogP contribution in [0.1, 0.15) is 31.1 Å². The zero-order valence-corrected chi connectivity index (χ0v) is 26.0.